The lowest BCUT2D eigenvalue weighted by atomic mass is 9.93. The second kappa shape index (κ2) is 5.90. The van der Waals surface area contributed by atoms with Crippen molar-refractivity contribution >= 4 is 17.2 Å². The van der Waals surface area contributed by atoms with E-state index >= 15 is 0 Å². The summed E-state index contributed by atoms with van der Waals surface area (Å²) >= 11 is 0. The molecule has 0 aromatic heterocycles. The Morgan fingerprint density at radius 1 is 1.40 bits per heavy atom. The Morgan fingerprint density at radius 2 is 2.05 bits per heavy atom. The van der Waals surface area contributed by atoms with Crippen molar-refractivity contribution < 1.29 is 14.5 Å². The normalized spacial score (nSPS) is 16.0. The van der Waals surface area contributed by atoms with Crippen LogP contribution in [0.25, 0.3) is 0 Å². The standard InChI is InChI=1S/C14H18N2O4/c1-10(17)11-5-7-15(8-6-11)14-9-12(20-2)3-4-13(14)16(18)19/h3-4,9,11H,5-8H2,1-2H3. The van der Waals surface area contributed by atoms with E-state index in [9.17, 15) is 14.9 Å². The van der Waals surface area contributed by atoms with Crippen LogP contribution in [0.4, 0.5) is 11.4 Å². The van der Waals surface area contributed by atoms with Crippen molar-refractivity contribution in [3.05, 3.63) is 28.3 Å². The molecule has 0 amide bonds. The molecule has 1 aliphatic rings. The van der Waals surface area contributed by atoms with Crippen molar-refractivity contribution in [3.63, 3.8) is 0 Å². The molecule has 1 heterocycles. The number of hydrogen-bond donors (Lipinski definition) is 0. The molecule has 0 bridgehead atoms. The van der Waals surface area contributed by atoms with Gasteiger partial charge in [0.05, 0.1) is 12.0 Å². The molecule has 0 unspecified atom stereocenters. The number of methoxy groups -OCH3 is 1. The number of Topliss-reactive ketones (excluding diaryl/α,β-unsaturated/α-hetero) is 1. The van der Waals surface area contributed by atoms with Crippen LogP contribution in [0.5, 0.6) is 5.75 Å². The monoisotopic (exact) mass is 278 g/mol. The second-order valence-electron chi connectivity index (χ2n) is 4.98. The minimum absolute atomic E-state index is 0.0760. The molecule has 0 N–H and O–H groups in total. The van der Waals surface area contributed by atoms with Gasteiger partial charge in [-0.3, -0.25) is 14.9 Å². The first kappa shape index (κ1) is 14.3. The Morgan fingerprint density at radius 3 is 2.55 bits per heavy atom. The summed E-state index contributed by atoms with van der Waals surface area (Å²) in [6, 6.07) is 4.74. The van der Waals surface area contributed by atoms with Gasteiger partial charge in [-0.25, -0.2) is 0 Å². The Kier molecular flexibility index (Phi) is 4.22. The predicted octanol–water partition coefficient (Wildman–Crippen LogP) is 2.41. The SMILES string of the molecule is COc1ccc([N+](=O)[O-])c(N2CCC(C(C)=O)CC2)c1. The first-order chi connectivity index (χ1) is 9.52. The second-order valence-corrected chi connectivity index (χ2v) is 4.98. The summed E-state index contributed by atoms with van der Waals surface area (Å²) in [7, 11) is 1.53. The van der Waals surface area contributed by atoms with Crippen LogP contribution in [0.15, 0.2) is 18.2 Å². The van der Waals surface area contributed by atoms with Gasteiger partial charge < -0.3 is 9.64 Å². The zero-order valence-corrected chi connectivity index (χ0v) is 11.7. The van der Waals surface area contributed by atoms with Crippen molar-refractivity contribution in [2.45, 2.75) is 19.8 Å². The molecule has 6 heteroatoms. The van der Waals surface area contributed by atoms with Crippen molar-refractivity contribution in [3.8, 4) is 5.75 Å². The Balaban J connectivity index is 2.23. The van der Waals surface area contributed by atoms with E-state index in [1.165, 1.54) is 13.2 Å². The number of nitro benzene ring substituents is 1. The van der Waals surface area contributed by atoms with E-state index in [1.54, 1.807) is 19.1 Å². The number of piperidine rings is 1. The molecule has 0 aliphatic carbocycles. The third kappa shape index (κ3) is 2.89. The number of anilines is 1. The third-order valence-corrected chi connectivity index (χ3v) is 3.79. The highest BCUT2D eigenvalue weighted by molar-refractivity contribution is 5.78. The van der Waals surface area contributed by atoms with Crippen LogP contribution in [0.1, 0.15) is 19.8 Å². The molecule has 0 saturated carbocycles. The average Bonchev–Trinajstić information content (AvgIpc) is 2.46. The molecule has 6 nitrogen and oxygen atoms in total. The highest BCUT2D eigenvalue weighted by Gasteiger charge is 2.26. The van der Waals surface area contributed by atoms with E-state index < -0.39 is 0 Å². The van der Waals surface area contributed by atoms with Crippen LogP contribution in [-0.2, 0) is 4.79 Å². The average molecular weight is 278 g/mol. The number of rotatable bonds is 4. The largest absolute Gasteiger partial charge is 0.497 e. The van der Waals surface area contributed by atoms with Gasteiger partial charge in [0.15, 0.2) is 0 Å². The van der Waals surface area contributed by atoms with Gasteiger partial charge in [0.25, 0.3) is 5.69 Å². The molecule has 1 saturated heterocycles. The number of ether oxygens (including phenoxy) is 1. The zero-order valence-electron chi connectivity index (χ0n) is 11.7. The summed E-state index contributed by atoms with van der Waals surface area (Å²) in [5.74, 6) is 0.875. The van der Waals surface area contributed by atoms with Gasteiger partial charge in [-0.05, 0) is 25.8 Å². The van der Waals surface area contributed by atoms with Crippen molar-refractivity contribution in [2.24, 2.45) is 5.92 Å². The van der Waals surface area contributed by atoms with Crippen LogP contribution in [-0.4, -0.2) is 30.9 Å². The molecular formula is C14H18N2O4. The lowest BCUT2D eigenvalue weighted by Gasteiger charge is -2.32. The number of benzene rings is 1. The smallest absolute Gasteiger partial charge is 0.292 e. The predicted molar refractivity (Wildman–Crippen MR) is 75.3 cm³/mol. The van der Waals surface area contributed by atoms with Crippen molar-refractivity contribution in [2.75, 3.05) is 25.1 Å². The number of nitro groups is 1. The summed E-state index contributed by atoms with van der Waals surface area (Å²) in [6.45, 7) is 2.91. The number of carbonyl (C=O) groups is 1. The Labute approximate surface area is 117 Å². The molecule has 1 aliphatic heterocycles. The molecule has 1 aromatic rings. The highest BCUT2D eigenvalue weighted by atomic mass is 16.6. The van der Waals surface area contributed by atoms with E-state index in [0.717, 1.165) is 12.8 Å². The minimum Gasteiger partial charge on any atom is -0.497 e. The lowest BCUT2D eigenvalue weighted by Crippen LogP contribution is -2.36. The quantitative estimate of drug-likeness (QED) is 0.624. The Hall–Kier alpha value is -2.11. The summed E-state index contributed by atoms with van der Waals surface area (Å²) in [5, 5.41) is 11.1. The van der Waals surface area contributed by atoms with Gasteiger partial charge in [0.1, 0.15) is 17.2 Å². The first-order valence-corrected chi connectivity index (χ1v) is 6.60. The molecule has 0 radical (unpaired) electrons. The Bertz CT molecular complexity index is 522. The number of carbonyl (C=O) groups excluding carboxylic acids is 1. The highest BCUT2D eigenvalue weighted by Crippen LogP contribution is 2.34. The summed E-state index contributed by atoms with van der Waals surface area (Å²) in [6.07, 6.45) is 1.48. The van der Waals surface area contributed by atoms with E-state index in [4.69, 9.17) is 4.74 Å². The summed E-state index contributed by atoms with van der Waals surface area (Å²) < 4.78 is 5.14. The van der Waals surface area contributed by atoms with Crippen LogP contribution in [0.2, 0.25) is 0 Å². The van der Waals surface area contributed by atoms with Gasteiger partial charge in [-0.2, -0.15) is 0 Å². The number of ketones is 1. The molecule has 0 atom stereocenters. The van der Waals surface area contributed by atoms with Crippen molar-refractivity contribution in [1.29, 1.82) is 0 Å². The fourth-order valence-corrected chi connectivity index (χ4v) is 2.56. The van der Waals surface area contributed by atoms with Crippen LogP contribution in [0.3, 0.4) is 0 Å². The zero-order chi connectivity index (χ0) is 14.7. The lowest BCUT2D eigenvalue weighted by molar-refractivity contribution is -0.384. The fraction of sp³-hybridized carbons (Fsp3) is 0.500. The maximum Gasteiger partial charge on any atom is 0.292 e. The summed E-state index contributed by atoms with van der Waals surface area (Å²) in [4.78, 5) is 24.1. The van der Waals surface area contributed by atoms with Crippen LogP contribution >= 0.6 is 0 Å². The molecule has 20 heavy (non-hydrogen) atoms. The van der Waals surface area contributed by atoms with Gasteiger partial charge in [-0.15, -0.1) is 0 Å². The van der Waals surface area contributed by atoms with Gasteiger partial charge in [0.2, 0.25) is 0 Å². The first-order valence-electron chi connectivity index (χ1n) is 6.60. The van der Waals surface area contributed by atoms with E-state index in [-0.39, 0.29) is 22.3 Å². The molecular weight excluding hydrogens is 260 g/mol. The van der Waals surface area contributed by atoms with Gasteiger partial charge in [-0.1, -0.05) is 0 Å². The maximum absolute atomic E-state index is 11.4. The van der Waals surface area contributed by atoms with E-state index in [0.29, 0.717) is 24.5 Å². The molecule has 1 fully saturated rings. The molecule has 1 aromatic carbocycles. The summed E-state index contributed by atoms with van der Waals surface area (Å²) in [5.41, 5.74) is 0.642. The third-order valence-electron chi connectivity index (χ3n) is 3.79. The van der Waals surface area contributed by atoms with E-state index in [2.05, 4.69) is 0 Å². The molecule has 0 spiro atoms. The molecule has 108 valence electrons. The van der Waals surface area contributed by atoms with Crippen LogP contribution < -0.4 is 9.64 Å². The number of hydrogen-bond acceptors (Lipinski definition) is 5. The van der Waals surface area contributed by atoms with Crippen molar-refractivity contribution in [1.82, 2.24) is 0 Å². The fourth-order valence-electron chi connectivity index (χ4n) is 2.56. The number of nitrogens with zero attached hydrogens (tertiary/aromatic N) is 2. The maximum atomic E-state index is 11.4. The minimum atomic E-state index is -0.383. The van der Waals surface area contributed by atoms with Gasteiger partial charge in [0, 0.05) is 31.1 Å². The topological polar surface area (TPSA) is 72.7 Å². The van der Waals surface area contributed by atoms with Gasteiger partial charge >= 0.3 is 0 Å². The van der Waals surface area contributed by atoms with Crippen LogP contribution in [0, 0.1) is 16.0 Å². The van der Waals surface area contributed by atoms with E-state index in [1.807, 2.05) is 4.90 Å². The molecule has 2 rings (SSSR count).